The van der Waals surface area contributed by atoms with Gasteiger partial charge in [0.25, 0.3) is 0 Å². The molecular weight excluding hydrogens is 290 g/mol. The fourth-order valence-corrected chi connectivity index (χ4v) is 2.10. The van der Waals surface area contributed by atoms with Crippen molar-refractivity contribution in [1.29, 1.82) is 0 Å². The van der Waals surface area contributed by atoms with Crippen molar-refractivity contribution in [2.24, 2.45) is 5.92 Å². The topological polar surface area (TPSA) is 29.1 Å². The molecule has 1 aromatic rings. The van der Waals surface area contributed by atoms with E-state index in [2.05, 4.69) is 35.1 Å². The molecule has 0 radical (unpaired) electrons. The lowest BCUT2D eigenvalue weighted by Crippen LogP contribution is -2.33. The highest BCUT2D eigenvalue weighted by atomic mass is 79.9. The lowest BCUT2D eigenvalue weighted by atomic mass is 9.88. The van der Waals surface area contributed by atoms with Crippen LogP contribution in [-0.2, 0) is 4.79 Å². The molecule has 1 rings (SSSR count). The number of hydrogen-bond donors (Lipinski definition) is 1. The smallest absolute Gasteiger partial charge is 0.144 e. The molecule has 0 amide bonds. The zero-order chi connectivity index (χ0) is 13.7. The molecule has 3 heteroatoms. The monoisotopic (exact) mass is 311 g/mol. The number of hydrogen-bond acceptors (Lipinski definition) is 2. The van der Waals surface area contributed by atoms with E-state index >= 15 is 0 Å². The van der Waals surface area contributed by atoms with E-state index < -0.39 is 0 Å². The summed E-state index contributed by atoms with van der Waals surface area (Å²) in [6.45, 7) is 8.82. The maximum absolute atomic E-state index is 12.3. The van der Waals surface area contributed by atoms with Crippen molar-refractivity contribution in [1.82, 2.24) is 5.32 Å². The Labute approximate surface area is 118 Å². The van der Waals surface area contributed by atoms with Gasteiger partial charge in [-0.1, -0.05) is 55.8 Å². The molecule has 0 aliphatic heterocycles. The van der Waals surface area contributed by atoms with Crippen molar-refractivity contribution in [3.8, 4) is 0 Å². The maximum Gasteiger partial charge on any atom is 0.144 e. The van der Waals surface area contributed by atoms with Crippen LogP contribution in [0.3, 0.4) is 0 Å². The standard InChI is InChI=1S/C15H22BrNO/c1-10(2)15(18)14(9-17-11(3)4)12-5-7-13(16)8-6-12/h5-8,10-11,14,17H,9H2,1-4H3/t14-/m1/s1. The first-order valence-corrected chi connectivity index (χ1v) is 7.23. The molecule has 1 N–H and O–H groups in total. The van der Waals surface area contributed by atoms with Crippen molar-refractivity contribution >= 4 is 21.7 Å². The molecule has 0 bridgehead atoms. The summed E-state index contributed by atoms with van der Waals surface area (Å²) in [6, 6.07) is 8.42. The summed E-state index contributed by atoms with van der Waals surface area (Å²) in [5, 5.41) is 3.36. The quantitative estimate of drug-likeness (QED) is 0.866. The lowest BCUT2D eigenvalue weighted by molar-refractivity contribution is -0.123. The number of rotatable bonds is 6. The molecule has 2 nitrogen and oxygen atoms in total. The number of ketones is 1. The summed E-state index contributed by atoms with van der Waals surface area (Å²) >= 11 is 3.42. The second-order valence-corrected chi connectivity index (χ2v) is 6.14. The summed E-state index contributed by atoms with van der Waals surface area (Å²) in [6.07, 6.45) is 0. The predicted octanol–water partition coefficient (Wildman–Crippen LogP) is 3.76. The number of carbonyl (C=O) groups excluding carboxylic acids is 1. The highest BCUT2D eigenvalue weighted by molar-refractivity contribution is 9.10. The summed E-state index contributed by atoms with van der Waals surface area (Å²) < 4.78 is 1.04. The van der Waals surface area contributed by atoms with E-state index in [0.717, 1.165) is 10.0 Å². The second kappa shape index (κ2) is 7.05. The van der Waals surface area contributed by atoms with Crippen LogP contribution in [0.5, 0.6) is 0 Å². The van der Waals surface area contributed by atoms with Crippen LogP contribution in [0.1, 0.15) is 39.2 Å². The Morgan fingerprint density at radius 3 is 2.17 bits per heavy atom. The highest BCUT2D eigenvalue weighted by Gasteiger charge is 2.22. The van der Waals surface area contributed by atoms with E-state index in [0.29, 0.717) is 18.4 Å². The molecule has 0 saturated heterocycles. The first kappa shape index (κ1) is 15.4. The summed E-state index contributed by atoms with van der Waals surface area (Å²) in [5.41, 5.74) is 1.09. The third-order valence-corrected chi connectivity index (χ3v) is 3.44. The zero-order valence-electron chi connectivity index (χ0n) is 11.5. The Kier molecular flexibility index (Phi) is 6.03. The van der Waals surface area contributed by atoms with Crippen LogP contribution in [0, 0.1) is 5.92 Å². The van der Waals surface area contributed by atoms with Crippen molar-refractivity contribution in [3.63, 3.8) is 0 Å². The van der Waals surface area contributed by atoms with Crippen molar-refractivity contribution in [2.45, 2.75) is 39.7 Å². The first-order valence-electron chi connectivity index (χ1n) is 6.44. The number of carbonyl (C=O) groups is 1. The molecule has 0 heterocycles. The van der Waals surface area contributed by atoms with E-state index in [4.69, 9.17) is 0 Å². The Morgan fingerprint density at radius 2 is 1.72 bits per heavy atom. The normalized spacial score (nSPS) is 13.1. The van der Waals surface area contributed by atoms with Crippen molar-refractivity contribution in [3.05, 3.63) is 34.3 Å². The van der Waals surface area contributed by atoms with Crippen LogP contribution >= 0.6 is 15.9 Å². The second-order valence-electron chi connectivity index (χ2n) is 5.22. The molecule has 0 aromatic heterocycles. The van der Waals surface area contributed by atoms with Gasteiger partial charge in [-0.3, -0.25) is 4.79 Å². The first-order chi connectivity index (χ1) is 8.41. The number of halogens is 1. The summed E-state index contributed by atoms with van der Waals surface area (Å²) in [4.78, 5) is 12.3. The van der Waals surface area contributed by atoms with Crippen LogP contribution in [0.2, 0.25) is 0 Å². The summed E-state index contributed by atoms with van der Waals surface area (Å²) in [5.74, 6) is 0.304. The fourth-order valence-electron chi connectivity index (χ4n) is 1.83. The minimum Gasteiger partial charge on any atom is -0.313 e. The highest BCUT2D eigenvalue weighted by Crippen LogP contribution is 2.22. The average molecular weight is 312 g/mol. The Bertz CT molecular complexity index is 384. The molecular formula is C15H22BrNO. The summed E-state index contributed by atoms with van der Waals surface area (Å²) in [7, 11) is 0. The van der Waals surface area contributed by atoms with Crippen LogP contribution in [-0.4, -0.2) is 18.4 Å². The predicted molar refractivity (Wildman–Crippen MR) is 79.9 cm³/mol. The molecule has 0 aliphatic rings. The third-order valence-electron chi connectivity index (χ3n) is 2.92. The molecule has 0 saturated carbocycles. The number of benzene rings is 1. The molecule has 0 unspecified atom stereocenters. The molecule has 1 atom stereocenters. The molecule has 1 aromatic carbocycles. The SMILES string of the molecule is CC(C)NC[C@@H](C(=O)C(C)C)c1ccc(Br)cc1. The van der Waals surface area contributed by atoms with Crippen LogP contribution in [0.15, 0.2) is 28.7 Å². The van der Waals surface area contributed by atoms with Crippen molar-refractivity contribution in [2.75, 3.05) is 6.54 Å². The van der Waals surface area contributed by atoms with Crippen LogP contribution in [0.25, 0.3) is 0 Å². The Balaban J connectivity index is 2.89. The number of Topliss-reactive ketones (excluding diaryl/α,β-unsaturated/α-hetero) is 1. The van der Waals surface area contributed by atoms with Gasteiger partial charge in [0.15, 0.2) is 0 Å². The fraction of sp³-hybridized carbons (Fsp3) is 0.533. The van der Waals surface area contributed by atoms with E-state index in [1.807, 2.05) is 38.1 Å². The molecule has 18 heavy (non-hydrogen) atoms. The minimum absolute atomic E-state index is 0.0551. The zero-order valence-corrected chi connectivity index (χ0v) is 13.1. The van der Waals surface area contributed by atoms with Gasteiger partial charge in [-0.25, -0.2) is 0 Å². The van der Waals surface area contributed by atoms with Crippen molar-refractivity contribution < 1.29 is 4.79 Å². The van der Waals surface area contributed by atoms with E-state index in [1.54, 1.807) is 0 Å². The molecule has 0 fully saturated rings. The van der Waals surface area contributed by atoms with E-state index in [9.17, 15) is 4.79 Å². The lowest BCUT2D eigenvalue weighted by Gasteiger charge is -2.20. The largest absolute Gasteiger partial charge is 0.313 e. The van der Waals surface area contributed by atoms with Crippen LogP contribution < -0.4 is 5.32 Å². The van der Waals surface area contributed by atoms with E-state index in [1.165, 1.54) is 0 Å². The minimum atomic E-state index is -0.0551. The average Bonchev–Trinajstić information content (AvgIpc) is 2.30. The van der Waals surface area contributed by atoms with Gasteiger partial charge in [0.05, 0.1) is 5.92 Å². The van der Waals surface area contributed by atoms with E-state index in [-0.39, 0.29) is 11.8 Å². The Hall–Kier alpha value is -0.670. The van der Waals surface area contributed by atoms with Gasteiger partial charge in [-0.05, 0) is 17.7 Å². The molecule has 0 aliphatic carbocycles. The van der Waals surface area contributed by atoms with Gasteiger partial charge in [-0.15, -0.1) is 0 Å². The van der Waals surface area contributed by atoms with Crippen LogP contribution in [0.4, 0.5) is 0 Å². The van der Waals surface area contributed by atoms with Gasteiger partial charge in [0.1, 0.15) is 5.78 Å². The maximum atomic E-state index is 12.3. The molecule has 100 valence electrons. The third kappa shape index (κ3) is 4.54. The Morgan fingerprint density at radius 1 is 1.17 bits per heavy atom. The van der Waals surface area contributed by atoms with Gasteiger partial charge in [-0.2, -0.15) is 0 Å². The van der Waals surface area contributed by atoms with Gasteiger partial charge < -0.3 is 5.32 Å². The number of nitrogens with one attached hydrogen (secondary N) is 1. The van der Waals surface area contributed by atoms with Gasteiger partial charge in [0, 0.05) is 23.0 Å². The van der Waals surface area contributed by atoms with Gasteiger partial charge >= 0.3 is 0 Å². The molecule has 0 spiro atoms. The van der Waals surface area contributed by atoms with Gasteiger partial charge in [0.2, 0.25) is 0 Å².